The zero-order chi connectivity index (χ0) is 12.4. The largest absolute Gasteiger partial charge is 0.347 e. The first-order valence-electron chi connectivity index (χ1n) is 6.82. The molecule has 3 nitrogen and oxygen atoms in total. The highest BCUT2D eigenvalue weighted by molar-refractivity contribution is 5.21. The van der Waals surface area contributed by atoms with E-state index in [1.165, 1.54) is 11.1 Å². The van der Waals surface area contributed by atoms with Crippen LogP contribution in [0, 0.1) is 6.92 Å². The van der Waals surface area contributed by atoms with Crippen LogP contribution in [0.25, 0.3) is 0 Å². The number of hydrogen-bond donors (Lipinski definition) is 0. The van der Waals surface area contributed by atoms with E-state index in [-0.39, 0.29) is 5.79 Å². The van der Waals surface area contributed by atoms with E-state index in [1.807, 2.05) is 0 Å². The van der Waals surface area contributed by atoms with Gasteiger partial charge in [0, 0.05) is 32.5 Å². The topological polar surface area (TPSA) is 21.7 Å². The average molecular weight is 247 g/mol. The van der Waals surface area contributed by atoms with Gasteiger partial charge in [0.25, 0.3) is 0 Å². The van der Waals surface area contributed by atoms with E-state index in [2.05, 4.69) is 36.1 Å². The van der Waals surface area contributed by atoms with Gasteiger partial charge in [0.15, 0.2) is 5.79 Å². The van der Waals surface area contributed by atoms with Gasteiger partial charge in [-0.05, 0) is 12.5 Å². The number of ether oxygens (including phenoxy) is 2. The minimum atomic E-state index is -0.246. The summed E-state index contributed by atoms with van der Waals surface area (Å²) in [4.78, 5) is 2.49. The van der Waals surface area contributed by atoms with E-state index < -0.39 is 0 Å². The number of benzene rings is 1. The first-order chi connectivity index (χ1) is 8.76. The number of aryl methyl sites for hydroxylation is 1. The molecule has 0 saturated carbocycles. The second-order valence-electron chi connectivity index (χ2n) is 5.37. The van der Waals surface area contributed by atoms with Crippen molar-refractivity contribution >= 4 is 0 Å². The Morgan fingerprint density at radius 2 is 1.67 bits per heavy atom. The Balaban J connectivity index is 1.55. The van der Waals surface area contributed by atoms with Crippen LogP contribution in [0.4, 0.5) is 0 Å². The maximum atomic E-state index is 5.75. The Morgan fingerprint density at radius 1 is 1.06 bits per heavy atom. The van der Waals surface area contributed by atoms with Gasteiger partial charge in [0.05, 0.1) is 13.2 Å². The van der Waals surface area contributed by atoms with Crippen molar-refractivity contribution in [1.29, 1.82) is 0 Å². The van der Waals surface area contributed by atoms with E-state index in [0.29, 0.717) is 0 Å². The van der Waals surface area contributed by atoms with Crippen molar-refractivity contribution in [2.24, 2.45) is 0 Å². The van der Waals surface area contributed by atoms with Crippen LogP contribution < -0.4 is 0 Å². The third kappa shape index (κ3) is 2.58. The van der Waals surface area contributed by atoms with Gasteiger partial charge in [-0.2, -0.15) is 0 Å². The number of nitrogens with zero attached hydrogens (tertiary/aromatic N) is 1. The number of piperidine rings is 1. The van der Waals surface area contributed by atoms with Crippen LogP contribution >= 0.6 is 0 Å². The fraction of sp³-hybridized carbons (Fsp3) is 0.600. The van der Waals surface area contributed by atoms with E-state index in [4.69, 9.17) is 9.47 Å². The van der Waals surface area contributed by atoms with Gasteiger partial charge in [-0.15, -0.1) is 0 Å². The second-order valence-corrected chi connectivity index (χ2v) is 5.37. The van der Waals surface area contributed by atoms with Crippen molar-refractivity contribution in [2.75, 3.05) is 26.3 Å². The summed E-state index contributed by atoms with van der Waals surface area (Å²) < 4.78 is 11.5. The first-order valence-corrected chi connectivity index (χ1v) is 6.82. The molecule has 98 valence electrons. The molecular formula is C15H21NO2. The second kappa shape index (κ2) is 5.00. The van der Waals surface area contributed by atoms with Crippen LogP contribution in [0.2, 0.25) is 0 Å². The molecule has 1 aromatic rings. The van der Waals surface area contributed by atoms with Gasteiger partial charge >= 0.3 is 0 Å². The minimum Gasteiger partial charge on any atom is -0.347 e. The van der Waals surface area contributed by atoms with Crippen LogP contribution in [-0.4, -0.2) is 37.0 Å². The Labute approximate surface area is 109 Å². The molecule has 3 rings (SSSR count). The molecule has 3 heteroatoms. The van der Waals surface area contributed by atoms with Gasteiger partial charge in [-0.3, -0.25) is 4.90 Å². The molecule has 1 spiro atoms. The molecule has 18 heavy (non-hydrogen) atoms. The molecule has 2 aliphatic rings. The predicted octanol–water partition coefficient (Wildman–Crippen LogP) is 2.33. The smallest absolute Gasteiger partial charge is 0.170 e. The Hall–Kier alpha value is -0.900. The lowest BCUT2D eigenvalue weighted by molar-refractivity contribution is -0.185. The lowest BCUT2D eigenvalue weighted by atomic mass is 10.0. The lowest BCUT2D eigenvalue weighted by Gasteiger charge is -2.37. The summed E-state index contributed by atoms with van der Waals surface area (Å²) in [5.41, 5.74) is 2.72. The summed E-state index contributed by atoms with van der Waals surface area (Å²) >= 11 is 0. The number of rotatable bonds is 2. The van der Waals surface area contributed by atoms with Crippen LogP contribution in [0.5, 0.6) is 0 Å². The van der Waals surface area contributed by atoms with Gasteiger partial charge < -0.3 is 9.47 Å². The third-order valence-corrected chi connectivity index (χ3v) is 3.96. The maximum Gasteiger partial charge on any atom is 0.170 e. The van der Waals surface area contributed by atoms with E-state index in [1.54, 1.807) is 0 Å². The zero-order valence-electron chi connectivity index (χ0n) is 11.0. The van der Waals surface area contributed by atoms with Crippen LogP contribution in [0.1, 0.15) is 24.0 Å². The molecule has 0 amide bonds. The molecule has 2 aliphatic heterocycles. The SMILES string of the molecule is Cc1ccc(CN2CCC3(CC2)OCCO3)cc1. The zero-order valence-corrected chi connectivity index (χ0v) is 11.0. The van der Waals surface area contributed by atoms with Crippen molar-refractivity contribution in [1.82, 2.24) is 4.90 Å². The molecule has 0 aromatic heterocycles. The standard InChI is InChI=1S/C15H21NO2/c1-13-2-4-14(5-3-13)12-16-8-6-15(7-9-16)17-10-11-18-15/h2-5H,6-12H2,1H3. The summed E-state index contributed by atoms with van der Waals surface area (Å²) in [6.07, 6.45) is 2.00. The Kier molecular flexibility index (Phi) is 3.37. The van der Waals surface area contributed by atoms with Crippen molar-refractivity contribution in [3.8, 4) is 0 Å². The fourth-order valence-electron chi connectivity index (χ4n) is 2.79. The molecule has 0 bridgehead atoms. The van der Waals surface area contributed by atoms with Gasteiger partial charge in [-0.25, -0.2) is 0 Å². The molecular weight excluding hydrogens is 226 g/mol. The maximum absolute atomic E-state index is 5.75. The molecule has 0 aliphatic carbocycles. The van der Waals surface area contributed by atoms with Gasteiger partial charge in [-0.1, -0.05) is 29.8 Å². The van der Waals surface area contributed by atoms with Crippen molar-refractivity contribution in [3.05, 3.63) is 35.4 Å². The van der Waals surface area contributed by atoms with Crippen LogP contribution in [-0.2, 0) is 16.0 Å². The predicted molar refractivity (Wildman–Crippen MR) is 70.3 cm³/mol. The monoisotopic (exact) mass is 247 g/mol. The summed E-state index contributed by atoms with van der Waals surface area (Å²) in [6, 6.07) is 8.82. The molecule has 2 saturated heterocycles. The van der Waals surface area contributed by atoms with E-state index in [9.17, 15) is 0 Å². The molecule has 2 heterocycles. The molecule has 2 fully saturated rings. The molecule has 0 atom stereocenters. The number of likely N-dealkylation sites (tertiary alicyclic amines) is 1. The summed E-state index contributed by atoms with van der Waals surface area (Å²) in [6.45, 7) is 6.82. The van der Waals surface area contributed by atoms with Gasteiger partial charge in [0.1, 0.15) is 0 Å². The van der Waals surface area contributed by atoms with E-state index in [0.717, 1.165) is 45.7 Å². The Morgan fingerprint density at radius 3 is 2.28 bits per heavy atom. The van der Waals surface area contributed by atoms with Crippen molar-refractivity contribution < 1.29 is 9.47 Å². The average Bonchev–Trinajstić information content (AvgIpc) is 2.84. The Bertz CT molecular complexity index is 385. The molecule has 0 unspecified atom stereocenters. The third-order valence-electron chi connectivity index (χ3n) is 3.96. The molecule has 0 N–H and O–H groups in total. The highest BCUT2D eigenvalue weighted by Crippen LogP contribution is 2.31. The summed E-state index contributed by atoms with van der Waals surface area (Å²) in [5, 5.41) is 0. The normalized spacial score (nSPS) is 23.6. The summed E-state index contributed by atoms with van der Waals surface area (Å²) in [7, 11) is 0. The van der Waals surface area contributed by atoms with Crippen LogP contribution in [0.15, 0.2) is 24.3 Å². The first kappa shape index (κ1) is 12.2. The van der Waals surface area contributed by atoms with Crippen molar-refractivity contribution in [3.63, 3.8) is 0 Å². The molecule has 0 radical (unpaired) electrons. The molecule has 1 aromatic carbocycles. The fourth-order valence-corrected chi connectivity index (χ4v) is 2.79. The minimum absolute atomic E-state index is 0.246. The quantitative estimate of drug-likeness (QED) is 0.800. The number of hydrogen-bond acceptors (Lipinski definition) is 3. The highest BCUT2D eigenvalue weighted by atomic mass is 16.7. The van der Waals surface area contributed by atoms with Gasteiger partial charge in [0.2, 0.25) is 0 Å². The van der Waals surface area contributed by atoms with Crippen molar-refractivity contribution in [2.45, 2.75) is 32.1 Å². The highest BCUT2D eigenvalue weighted by Gasteiger charge is 2.39. The summed E-state index contributed by atoms with van der Waals surface area (Å²) in [5.74, 6) is -0.246. The van der Waals surface area contributed by atoms with E-state index >= 15 is 0 Å². The lowest BCUT2D eigenvalue weighted by Crippen LogP contribution is -2.44. The van der Waals surface area contributed by atoms with Crippen LogP contribution in [0.3, 0.4) is 0 Å².